The fourth-order valence-corrected chi connectivity index (χ4v) is 4.32. The summed E-state index contributed by atoms with van der Waals surface area (Å²) in [4.78, 5) is 11.7. The van der Waals surface area contributed by atoms with E-state index in [0.717, 1.165) is 16.6 Å². The zero-order chi connectivity index (χ0) is 15.9. The third-order valence-corrected chi connectivity index (χ3v) is 6.65. The van der Waals surface area contributed by atoms with Gasteiger partial charge in [0.15, 0.2) is 9.84 Å². The zero-order valence-corrected chi connectivity index (χ0v) is 13.7. The molecule has 1 fully saturated rings. The lowest BCUT2D eigenvalue weighted by molar-refractivity contribution is 0.0601. The Morgan fingerprint density at radius 3 is 2.73 bits per heavy atom. The Morgan fingerprint density at radius 2 is 2.18 bits per heavy atom. The molecule has 1 unspecified atom stereocenters. The lowest BCUT2D eigenvalue weighted by Gasteiger charge is -2.27. The van der Waals surface area contributed by atoms with Gasteiger partial charge in [0, 0.05) is 17.8 Å². The third kappa shape index (κ3) is 2.50. The van der Waals surface area contributed by atoms with E-state index in [0.29, 0.717) is 18.5 Å². The standard InChI is InChI=1S/C15H16ClNO4S/c1-21-15(18)11-3-2-10-6-12(8-16)17(14(10)7-11)9-13-4-5-22(13,19)20/h2-3,6-7,13H,4-5,8-9H2,1H3. The fraction of sp³-hybridized carbons (Fsp3) is 0.400. The predicted molar refractivity (Wildman–Crippen MR) is 85.0 cm³/mol. The summed E-state index contributed by atoms with van der Waals surface area (Å²) in [7, 11) is -1.65. The molecule has 1 atom stereocenters. The number of carbonyl (C=O) groups is 1. The van der Waals surface area contributed by atoms with Crippen molar-refractivity contribution in [2.75, 3.05) is 12.9 Å². The molecule has 1 aromatic carbocycles. The van der Waals surface area contributed by atoms with E-state index in [-0.39, 0.29) is 16.9 Å². The molecule has 118 valence electrons. The minimum absolute atomic E-state index is 0.250. The van der Waals surface area contributed by atoms with Crippen LogP contribution in [0.2, 0.25) is 0 Å². The second-order valence-corrected chi connectivity index (χ2v) is 8.09. The van der Waals surface area contributed by atoms with Crippen LogP contribution < -0.4 is 0 Å². The van der Waals surface area contributed by atoms with Gasteiger partial charge in [0.2, 0.25) is 0 Å². The molecule has 1 saturated heterocycles. The molecule has 0 radical (unpaired) electrons. The minimum Gasteiger partial charge on any atom is -0.465 e. The Kier molecular flexibility index (Phi) is 3.91. The number of halogens is 1. The molecule has 2 heterocycles. The van der Waals surface area contributed by atoms with Crippen LogP contribution in [-0.2, 0) is 27.0 Å². The number of alkyl halides is 1. The molecular weight excluding hydrogens is 326 g/mol. The van der Waals surface area contributed by atoms with Gasteiger partial charge in [0.25, 0.3) is 0 Å². The van der Waals surface area contributed by atoms with Gasteiger partial charge in [0.05, 0.1) is 29.6 Å². The van der Waals surface area contributed by atoms with Gasteiger partial charge >= 0.3 is 5.97 Å². The summed E-state index contributed by atoms with van der Waals surface area (Å²) in [6, 6.07) is 7.16. The highest BCUT2D eigenvalue weighted by Crippen LogP contribution is 2.28. The van der Waals surface area contributed by atoms with Crippen molar-refractivity contribution >= 4 is 38.3 Å². The number of hydrogen-bond donors (Lipinski definition) is 0. The molecule has 0 aliphatic carbocycles. The summed E-state index contributed by atoms with van der Waals surface area (Å²) in [5, 5.41) is 0.562. The molecule has 0 bridgehead atoms. The first-order valence-corrected chi connectivity index (χ1v) is 9.19. The lowest BCUT2D eigenvalue weighted by atomic mass is 10.1. The first-order valence-electron chi connectivity index (χ1n) is 6.94. The summed E-state index contributed by atoms with van der Waals surface area (Å²) in [5.74, 6) is 0.119. The van der Waals surface area contributed by atoms with Crippen molar-refractivity contribution in [2.24, 2.45) is 0 Å². The third-order valence-electron chi connectivity index (χ3n) is 4.17. The van der Waals surface area contributed by atoms with Gasteiger partial charge in [-0.05, 0) is 30.0 Å². The Labute approximate surface area is 133 Å². The molecule has 1 aliphatic heterocycles. The first-order chi connectivity index (χ1) is 10.5. The maximum Gasteiger partial charge on any atom is 0.337 e. The number of fused-ring (bicyclic) bond motifs is 1. The number of nitrogens with zero attached hydrogens (tertiary/aromatic N) is 1. The monoisotopic (exact) mass is 341 g/mol. The average molecular weight is 342 g/mol. The molecule has 2 aromatic rings. The number of esters is 1. The van der Waals surface area contributed by atoms with Crippen LogP contribution in [0.5, 0.6) is 0 Å². The van der Waals surface area contributed by atoms with Gasteiger partial charge in [-0.3, -0.25) is 0 Å². The highest BCUT2D eigenvalue weighted by atomic mass is 35.5. The van der Waals surface area contributed by atoms with Crippen molar-refractivity contribution in [3.8, 4) is 0 Å². The highest BCUT2D eigenvalue weighted by molar-refractivity contribution is 7.93. The Hall–Kier alpha value is -1.53. The summed E-state index contributed by atoms with van der Waals surface area (Å²) >= 11 is 5.99. The summed E-state index contributed by atoms with van der Waals surface area (Å²) < 4.78 is 30.2. The van der Waals surface area contributed by atoms with Crippen LogP contribution >= 0.6 is 11.6 Å². The quantitative estimate of drug-likeness (QED) is 0.632. The van der Waals surface area contributed by atoms with Crippen molar-refractivity contribution < 1.29 is 17.9 Å². The molecule has 1 aromatic heterocycles. The summed E-state index contributed by atoms with van der Waals surface area (Å²) in [6.45, 7) is 0.374. The first kappa shape index (κ1) is 15.4. The van der Waals surface area contributed by atoms with Gasteiger partial charge in [0.1, 0.15) is 0 Å². The van der Waals surface area contributed by atoms with E-state index in [4.69, 9.17) is 16.3 Å². The molecule has 0 amide bonds. The molecule has 7 heteroatoms. The van der Waals surface area contributed by atoms with E-state index < -0.39 is 15.8 Å². The molecule has 1 aliphatic rings. The van der Waals surface area contributed by atoms with Crippen molar-refractivity contribution in [2.45, 2.75) is 24.1 Å². The second-order valence-electron chi connectivity index (χ2n) is 5.42. The van der Waals surface area contributed by atoms with Gasteiger partial charge < -0.3 is 9.30 Å². The van der Waals surface area contributed by atoms with Crippen LogP contribution in [0.15, 0.2) is 24.3 Å². The molecule has 22 heavy (non-hydrogen) atoms. The minimum atomic E-state index is -2.98. The molecular formula is C15H16ClNO4S. The Morgan fingerprint density at radius 1 is 1.41 bits per heavy atom. The van der Waals surface area contributed by atoms with Gasteiger partial charge in [-0.1, -0.05) is 6.07 Å². The van der Waals surface area contributed by atoms with Crippen LogP contribution in [0.4, 0.5) is 0 Å². The highest BCUT2D eigenvalue weighted by Gasteiger charge is 2.36. The number of aromatic nitrogens is 1. The van der Waals surface area contributed by atoms with Crippen LogP contribution in [0, 0.1) is 0 Å². The SMILES string of the molecule is COC(=O)c1ccc2cc(CCl)n(CC3CCS3(=O)=O)c2c1. The maximum atomic E-state index is 11.8. The van der Waals surface area contributed by atoms with Crippen LogP contribution in [0.3, 0.4) is 0 Å². The smallest absolute Gasteiger partial charge is 0.337 e. The van der Waals surface area contributed by atoms with Crippen molar-refractivity contribution in [1.82, 2.24) is 4.57 Å². The number of benzene rings is 1. The van der Waals surface area contributed by atoms with E-state index in [1.807, 2.05) is 16.7 Å². The molecule has 5 nitrogen and oxygen atoms in total. The van der Waals surface area contributed by atoms with Crippen molar-refractivity contribution in [3.05, 3.63) is 35.5 Å². The molecule has 3 rings (SSSR count). The predicted octanol–water partition coefficient (Wildman–Crippen LogP) is 2.35. The zero-order valence-electron chi connectivity index (χ0n) is 12.1. The van der Waals surface area contributed by atoms with E-state index in [1.54, 1.807) is 12.1 Å². The molecule has 0 N–H and O–H groups in total. The number of methoxy groups -OCH3 is 1. The molecule has 0 spiro atoms. The number of carbonyl (C=O) groups excluding carboxylic acids is 1. The van der Waals surface area contributed by atoms with Crippen LogP contribution in [0.1, 0.15) is 22.5 Å². The largest absolute Gasteiger partial charge is 0.465 e. The normalized spacial score (nSPS) is 19.8. The van der Waals surface area contributed by atoms with Crippen molar-refractivity contribution in [3.63, 3.8) is 0 Å². The Bertz CT molecular complexity index is 841. The fourth-order valence-electron chi connectivity index (χ4n) is 2.77. The van der Waals surface area contributed by atoms with E-state index in [1.165, 1.54) is 7.11 Å². The summed E-state index contributed by atoms with van der Waals surface area (Å²) in [5.41, 5.74) is 2.09. The average Bonchev–Trinajstić information content (AvgIpc) is 2.87. The van der Waals surface area contributed by atoms with Crippen LogP contribution in [-0.4, -0.2) is 37.1 Å². The van der Waals surface area contributed by atoms with Gasteiger partial charge in [-0.2, -0.15) is 0 Å². The second kappa shape index (κ2) is 5.59. The van der Waals surface area contributed by atoms with E-state index >= 15 is 0 Å². The number of rotatable bonds is 4. The number of sulfone groups is 1. The Balaban J connectivity index is 2.07. The number of ether oxygens (including phenoxy) is 1. The lowest BCUT2D eigenvalue weighted by Crippen LogP contribution is -2.39. The van der Waals surface area contributed by atoms with Gasteiger partial charge in [-0.15, -0.1) is 11.6 Å². The molecule has 0 saturated carbocycles. The summed E-state index contributed by atoms with van der Waals surface area (Å²) in [6.07, 6.45) is 0.667. The van der Waals surface area contributed by atoms with E-state index in [9.17, 15) is 13.2 Å². The van der Waals surface area contributed by atoms with Crippen molar-refractivity contribution in [1.29, 1.82) is 0 Å². The van der Waals surface area contributed by atoms with Crippen LogP contribution in [0.25, 0.3) is 10.9 Å². The number of hydrogen-bond acceptors (Lipinski definition) is 4. The van der Waals surface area contributed by atoms with E-state index in [2.05, 4.69) is 0 Å². The maximum absolute atomic E-state index is 11.8. The topological polar surface area (TPSA) is 65.4 Å². The van der Waals surface area contributed by atoms with Gasteiger partial charge in [-0.25, -0.2) is 13.2 Å².